The number of anilines is 1. The van der Waals surface area contributed by atoms with E-state index in [1.54, 1.807) is 0 Å². The Morgan fingerprint density at radius 1 is 1.45 bits per heavy atom. The van der Waals surface area contributed by atoms with Crippen molar-refractivity contribution in [1.29, 1.82) is 0 Å². The molecule has 1 unspecified atom stereocenters. The highest BCUT2D eigenvalue weighted by Crippen LogP contribution is 2.24. The van der Waals surface area contributed by atoms with Gasteiger partial charge in [-0.3, -0.25) is 4.98 Å². The lowest BCUT2D eigenvalue weighted by molar-refractivity contribution is 0.547. The maximum atomic E-state index is 4.75. The lowest BCUT2D eigenvalue weighted by Gasteiger charge is -2.32. The number of hydrogen-bond acceptors (Lipinski definition) is 5. The zero-order valence-corrected chi connectivity index (χ0v) is 13.6. The Hall–Kier alpha value is -0.810. The third kappa shape index (κ3) is 4.63. The molecule has 0 aliphatic carbocycles. The lowest BCUT2D eigenvalue weighted by Crippen LogP contribution is -2.38. The summed E-state index contributed by atoms with van der Waals surface area (Å²) in [5.41, 5.74) is 1.04. The van der Waals surface area contributed by atoms with Gasteiger partial charge < -0.3 is 10.2 Å². The van der Waals surface area contributed by atoms with Crippen LogP contribution < -0.4 is 10.2 Å². The van der Waals surface area contributed by atoms with Gasteiger partial charge in [0.2, 0.25) is 0 Å². The van der Waals surface area contributed by atoms with Crippen molar-refractivity contribution >= 4 is 17.6 Å². The second-order valence-electron chi connectivity index (χ2n) is 5.74. The van der Waals surface area contributed by atoms with E-state index < -0.39 is 0 Å². The van der Waals surface area contributed by atoms with Crippen LogP contribution in [0.15, 0.2) is 12.4 Å². The normalized spacial score (nSPS) is 19.6. The zero-order valence-electron chi connectivity index (χ0n) is 12.8. The van der Waals surface area contributed by atoms with E-state index in [0.29, 0.717) is 5.92 Å². The zero-order chi connectivity index (χ0) is 14.4. The van der Waals surface area contributed by atoms with Crippen LogP contribution in [0.3, 0.4) is 0 Å². The van der Waals surface area contributed by atoms with E-state index in [4.69, 9.17) is 4.98 Å². The van der Waals surface area contributed by atoms with Gasteiger partial charge >= 0.3 is 0 Å². The van der Waals surface area contributed by atoms with Crippen LogP contribution in [0.25, 0.3) is 0 Å². The summed E-state index contributed by atoms with van der Waals surface area (Å²) in [5.74, 6) is 2.89. The molecular weight excluding hydrogens is 268 g/mol. The monoisotopic (exact) mass is 294 g/mol. The number of nitrogens with zero attached hydrogens (tertiary/aromatic N) is 3. The van der Waals surface area contributed by atoms with Crippen molar-refractivity contribution in [2.75, 3.05) is 30.3 Å². The van der Waals surface area contributed by atoms with E-state index in [2.05, 4.69) is 47.7 Å². The summed E-state index contributed by atoms with van der Waals surface area (Å²) in [4.78, 5) is 11.5. The first kappa shape index (κ1) is 15.6. The molecule has 1 N–H and O–H groups in total. The molecule has 0 aromatic carbocycles. The molecule has 112 valence electrons. The smallest absolute Gasteiger partial charge is 0.147 e. The topological polar surface area (TPSA) is 41.1 Å². The van der Waals surface area contributed by atoms with Crippen molar-refractivity contribution in [3.05, 3.63) is 18.1 Å². The largest absolute Gasteiger partial charge is 0.353 e. The minimum absolute atomic E-state index is 0.663. The molecule has 4 nitrogen and oxygen atoms in total. The Morgan fingerprint density at radius 3 is 3.05 bits per heavy atom. The van der Waals surface area contributed by atoms with Crippen molar-refractivity contribution in [2.24, 2.45) is 5.92 Å². The van der Waals surface area contributed by atoms with Gasteiger partial charge in [-0.05, 0) is 18.9 Å². The number of aromatic nitrogens is 2. The van der Waals surface area contributed by atoms with Crippen molar-refractivity contribution in [1.82, 2.24) is 15.3 Å². The average Bonchev–Trinajstić information content (AvgIpc) is 2.47. The molecule has 1 aromatic heterocycles. The van der Waals surface area contributed by atoms with Crippen molar-refractivity contribution in [2.45, 2.75) is 39.0 Å². The molecule has 1 aliphatic rings. The van der Waals surface area contributed by atoms with Gasteiger partial charge in [-0.2, -0.15) is 11.8 Å². The molecule has 0 saturated carbocycles. The predicted molar refractivity (Wildman–Crippen MR) is 87.3 cm³/mol. The summed E-state index contributed by atoms with van der Waals surface area (Å²) in [6.07, 6.45) is 4.99. The van der Waals surface area contributed by atoms with E-state index in [9.17, 15) is 0 Å². The molecule has 0 amide bonds. The standard InChI is InChI=1S/C15H26N4S/c1-4-14-11-19(5-6-20-14)15-10-17-9-13(18-15)8-16-7-12(2)3/h9-10,12,14,16H,4-8,11H2,1-3H3. The first-order valence-electron chi connectivity index (χ1n) is 7.57. The Bertz CT molecular complexity index is 411. The van der Waals surface area contributed by atoms with Crippen molar-refractivity contribution in [3.8, 4) is 0 Å². The van der Waals surface area contributed by atoms with E-state index in [0.717, 1.165) is 42.9 Å². The first-order chi connectivity index (χ1) is 9.69. The molecule has 20 heavy (non-hydrogen) atoms. The molecular formula is C15H26N4S. The van der Waals surface area contributed by atoms with Gasteiger partial charge in [0.25, 0.3) is 0 Å². The maximum absolute atomic E-state index is 4.75. The maximum Gasteiger partial charge on any atom is 0.147 e. The molecule has 5 heteroatoms. The van der Waals surface area contributed by atoms with E-state index in [1.165, 1.54) is 12.2 Å². The summed E-state index contributed by atoms with van der Waals surface area (Å²) in [5, 5.41) is 4.16. The summed E-state index contributed by atoms with van der Waals surface area (Å²) >= 11 is 2.08. The summed E-state index contributed by atoms with van der Waals surface area (Å²) in [7, 11) is 0. The molecule has 1 aromatic rings. The lowest BCUT2D eigenvalue weighted by atomic mass is 10.2. The van der Waals surface area contributed by atoms with Crippen molar-refractivity contribution in [3.63, 3.8) is 0 Å². The molecule has 2 heterocycles. The average molecular weight is 294 g/mol. The van der Waals surface area contributed by atoms with Gasteiger partial charge in [-0.15, -0.1) is 0 Å². The van der Waals surface area contributed by atoms with E-state index in [1.807, 2.05) is 12.4 Å². The molecule has 1 atom stereocenters. The highest BCUT2D eigenvalue weighted by Gasteiger charge is 2.20. The van der Waals surface area contributed by atoms with Gasteiger partial charge in [0.05, 0.1) is 11.9 Å². The number of nitrogens with one attached hydrogen (secondary N) is 1. The fourth-order valence-corrected chi connectivity index (χ4v) is 3.48. The van der Waals surface area contributed by atoms with Gasteiger partial charge in [-0.1, -0.05) is 20.8 Å². The van der Waals surface area contributed by atoms with Gasteiger partial charge in [0, 0.05) is 36.8 Å². The second kappa shape index (κ2) is 7.84. The van der Waals surface area contributed by atoms with Crippen LogP contribution in [0.5, 0.6) is 0 Å². The number of rotatable bonds is 6. The van der Waals surface area contributed by atoms with Gasteiger partial charge in [0.15, 0.2) is 0 Å². The molecule has 1 fully saturated rings. The molecule has 2 rings (SSSR count). The Balaban J connectivity index is 1.94. The van der Waals surface area contributed by atoms with Crippen molar-refractivity contribution < 1.29 is 0 Å². The highest BCUT2D eigenvalue weighted by molar-refractivity contribution is 8.00. The second-order valence-corrected chi connectivity index (χ2v) is 7.15. The molecule has 0 bridgehead atoms. The highest BCUT2D eigenvalue weighted by atomic mass is 32.2. The number of thioether (sulfide) groups is 1. The SMILES string of the molecule is CCC1CN(c2cncc(CNCC(C)C)n2)CCS1. The Kier molecular flexibility index (Phi) is 6.10. The van der Waals surface area contributed by atoms with Crippen LogP contribution in [-0.2, 0) is 6.54 Å². The quantitative estimate of drug-likeness (QED) is 0.873. The predicted octanol–water partition coefficient (Wildman–Crippen LogP) is 2.55. The summed E-state index contributed by atoms with van der Waals surface area (Å²) in [6, 6.07) is 0. The molecule has 0 radical (unpaired) electrons. The molecule has 1 aliphatic heterocycles. The fraction of sp³-hybridized carbons (Fsp3) is 0.733. The van der Waals surface area contributed by atoms with Gasteiger partial charge in [0.1, 0.15) is 5.82 Å². The van der Waals surface area contributed by atoms with Crippen LogP contribution in [0, 0.1) is 5.92 Å². The minimum Gasteiger partial charge on any atom is -0.353 e. The van der Waals surface area contributed by atoms with E-state index in [-0.39, 0.29) is 0 Å². The third-order valence-corrected chi connectivity index (χ3v) is 4.82. The first-order valence-corrected chi connectivity index (χ1v) is 8.62. The van der Waals surface area contributed by atoms with E-state index >= 15 is 0 Å². The van der Waals surface area contributed by atoms with Crippen LogP contribution in [0.1, 0.15) is 32.9 Å². The van der Waals surface area contributed by atoms with Crippen LogP contribution in [-0.4, -0.2) is 40.6 Å². The van der Waals surface area contributed by atoms with Gasteiger partial charge in [-0.25, -0.2) is 4.98 Å². The summed E-state index contributed by atoms with van der Waals surface area (Å²) < 4.78 is 0. The molecule has 0 spiro atoms. The Labute approximate surface area is 126 Å². The Morgan fingerprint density at radius 2 is 2.30 bits per heavy atom. The minimum atomic E-state index is 0.663. The summed E-state index contributed by atoms with van der Waals surface area (Å²) in [6.45, 7) is 10.7. The number of hydrogen-bond donors (Lipinski definition) is 1. The van der Waals surface area contributed by atoms with Crippen LogP contribution in [0.4, 0.5) is 5.82 Å². The van der Waals surface area contributed by atoms with Crippen LogP contribution in [0.2, 0.25) is 0 Å². The third-order valence-electron chi connectivity index (χ3n) is 3.45. The molecule has 1 saturated heterocycles. The van der Waals surface area contributed by atoms with Crippen LogP contribution >= 0.6 is 11.8 Å². The fourth-order valence-electron chi connectivity index (χ4n) is 2.30.